The largest absolute Gasteiger partial charge is 0.294 e. The fourth-order valence-corrected chi connectivity index (χ4v) is 3.92. The number of imide groups is 1. The highest BCUT2D eigenvalue weighted by atomic mass is 16.2. The van der Waals surface area contributed by atoms with Gasteiger partial charge in [-0.25, -0.2) is 0 Å². The van der Waals surface area contributed by atoms with E-state index >= 15 is 0 Å². The number of nitrogens with zero attached hydrogens (tertiary/aromatic N) is 2. The topological polar surface area (TPSA) is 40.6 Å². The molecule has 0 radical (unpaired) electrons. The lowest BCUT2D eigenvalue weighted by Gasteiger charge is -2.29. The number of benzene rings is 1. The molecule has 0 aromatic heterocycles. The molecule has 22 heavy (non-hydrogen) atoms. The zero-order chi connectivity index (χ0) is 15.9. The average Bonchev–Trinajstić information content (AvgIpc) is 2.92. The van der Waals surface area contributed by atoms with Crippen molar-refractivity contribution < 1.29 is 9.59 Å². The van der Waals surface area contributed by atoms with E-state index in [1.54, 1.807) is 7.05 Å². The van der Waals surface area contributed by atoms with Gasteiger partial charge in [-0.2, -0.15) is 0 Å². The quantitative estimate of drug-likeness (QED) is 0.800. The molecule has 0 unspecified atom stereocenters. The van der Waals surface area contributed by atoms with Crippen LogP contribution in [0.3, 0.4) is 0 Å². The van der Waals surface area contributed by atoms with Crippen LogP contribution in [0.5, 0.6) is 0 Å². The molecule has 1 aromatic rings. The highest BCUT2D eigenvalue weighted by molar-refractivity contribution is 6.05. The van der Waals surface area contributed by atoms with E-state index in [4.69, 9.17) is 0 Å². The maximum absolute atomic E-state index is 12.5. The van der Waals surface area contributed by atoms with Gasteiger partial charge in [0.1, 0.15) is 0 Å². The van der Waals surface area contributed by atoms with Crippen molar-refractivity contribution in [2.75, 3.05) is 13.6 Å². The molecular formula is C18H24N2O2. The molecule has 3 rings (SSSR count). The minimum absolute atomic E-state index is 0.000632. The third-order valence-electron chi connectivity index (χ3n) is 4.95. The van der Waals surface area contributed by atoms with Crippen molar-refractivity contribution in [1.82, 2.24) is 9.80 Å². The lowest BCUT2D eigenvalue weighted by molar-refractivity contribution is -0.139. The lowest BCUT2D eigenvalue weighted by Crippen LogP contribution is -2.39. The Labute approximate surface area is 132 Å². The number of carbonyl (C=O) groups is 2. The molecule has 2 fully saturated rings. The van der Waals surface area contributed by atoms with Gasteiger partial charge in [0.2, 0.25) is 11.8 Å². The summed E-state index contributed by atoms with van der Waals surface area (Å²) in [6, 6.07) is 10.5. The van der Waals surface area contributed by atoms with Gasteiger partial charge < -0.3 is 0 Å². The van der Waals surface area contributed by atoms with E-state index in [2.05, 4.69) is 30.9 Å². The number of carbonyl (C=O) groups excluding carboxylic acids is 2. The molecule has 0 bridgehead atoms. The van der Waals surface area contributed by atoms with Crippen LogP contribution < -0.4 is 0 Å². The summed E-state index contributed by atoms with van der Waals surface area (Å²) in [5, 5.41) is 0. The van der Waals surface area contributed by atoms with Gasteiger partial charge in [-0.1, -0.05) is 44.2 Å². The molecule has 3 atom stereocenters. The summed E-state index contributed by atoms with van der Waals surface area (Å²) in [5.74, 6) is 0.222. The van der Waals surface area contributed by atoms with Crippen LogP contribution in [0.15, 0.2) is 30.3 Å². The number of likely N-dealkylation sites (tertiary alicyclic amines) is 2. The van der Waals surface area contributed by atoms with Crippen molar-refractivity contribution in [1.29, 1.82) is 0 Å². The van der Waals surface area contributed by atoms with Crippen LogP contribution >= 0.6 is 0 Å². The number of hydrogen-bond acceptors (Lipinski definition) is 3. The molecule has 0 spiro atoms. The normalized spacial score (nSPS) is 28.7. The number of hydrogen-bond donors (Lipinski definition) is 0. The second kappa shape index (κ2) is 5.84. The molecule has 1 aromatic carbocycles. The van der Waals surface area contributed by atoms with E-state index in [1.807, 2.05) is 18.2 Å². The molecule has 118 valence electrons. The first-order valence-corrected chi connectivity index (χ1v) is 8.08. The second-order valence-corrected chi connectivity index (χ2v) is 6.98. The van der Waals surface area contributed by atoms with E-state index in [9.17, 15) is 9.59 Å². The van der Waals surface area contributed by atoms with Crippen molar-refractivity contribution in [3.63, 3.8) is 0 Å². The predicted molar refractivity (Wildman–Crippen MR) is 84.9 cm³/mol. The van der Waals surface area contributed by atoms with Crippen molar-refractivity contribution in [3.05, 3.63) is 35.9 Å². The maximum atomic E-state index is 12.5. The summed E-state index contributed by atoms with van der Waals surface area (Å²) in [5.41, 5.74) is 1.24. The van der Waals surface area contributed by atoms with Gasteiger partial charge in [0, 0.05) is 26.2 Å². The molecule has 2 aliphatic rings. The van der Waals surface area contributed by atoms with Crippen LogP contribution in [0.4, 0.5) is 0 Å². The third kappa shape index (κ3) is 2.56. The Morgan fingerprint density at radius 1 is 1.14 bits per heavy atom. The molecular weight excluding hydrogens is 276 g/mol. The zero-order valence-corrected chi connectivity index (χ0v) is 13.5. The van der Waals surface area contributed by atoms with Gasteiger partial charge in [0.15, 0.2) is 0 Å². The van der Waals surface area contributed by atoms with Crippen LogP contribution in [-0.2, 0) is 16.1 Å². The fraction of sp³-hybridized carbons (Fsp3) is 0.556. The summed E-state index contributed by atoms with van der Waals surface area (Å²) in [6.07, 6.45) is 0.959. The van der Waals surface area contributed by atoms with Gasteiger partial charge >= 0.3 is 0 Å². The Hall–Kier alpha value is -1.68. The van der Waals surface area contributed by atoms with Crippen LogP contribution in [0.1, 0.15) is 25.8 Å². The molecule has 0 aliphatic carbocycles. The standard InChI is InChI=1S/C18H24N2O2/c1-12(2)9-15-16-14(17(21)19(3)18(16)22)11-20(15)10-13-7-5-4-6-8-13/h4-8,12,14-16H,9-11H2,1-3H3/t14-,15-,16-/m1/s1. The Morgan fingerprint density at radius 2 is 1.82 bits per heavy atom. The van der Waals surface area contributed by atoms with Crippen LogP contribution in [0, 0.1) is 17.8 Å². The average molecular weight is 300 g/mol. The van der Waals surface area contributed by atoms with Gasteiger partial charge in [0.25, 0.3) is 0 Å². The minimum Gasteiger partial charge on any atom is -0.294 e. The molecule has 2 saturated heterocycles. The van der Waals surface area contributed by atoms with Gasteiger partial charge in [-0.3, -0.25) is 19.4 Å². The van der Waals surface area contributed by atoms with Crippen molar-refractivity contribution in [3.8, 4) is 0 Å². The Kier molecular flexibility index (Phi) is 4.04. The number of rotatable bonds is 4. The molecule has 2 aliphatic heterocycles. The highest BCUT2D eigenvalue weighted by Crippen LogP contribution is 2.40. The monoisotopic (exact) mass is 300 g/mol. The smallest absolute Gasteiger partial charge is 0.234 e. The van der Waals surface area contributed by atoms with Crippen LogP contribution in [0.2, 0.25) is 0 Å². The summed E-state index contributed by atoms with van der Waals surface area (Å²) in [4.78, 5) is 28.4. The van der Waals surface area contributed by atoms with Crippen LogP contribution in [-0.4, -0.2) is 41.2 Å². The van der Waals surface area contributed by atoms with Gasteiger partial charge in [-0.15, -0.1) is 0 Å². The van der Waals surface area contributed by atoms with E-state index in [0.717, 1.165) is 13.0 Å². The summed E-state index contributed by atoms with van der Waals surface area (Å²) < 4.78 is 0. The summed E-state index contributed by atoms with van der Waals surface area (Å²) in [6.45, 7) is 5.87. The summed E-state index contributed by atoms with van der Waals surface area (Å²) in [7, 11) is 1.62. The maximum Gasteiger partial charge on any atom is 0.234 e. The Bertz CT molecular complexity index is 570. The Morgan fingerprint density at radius 3 is 2.45 bits per heavy atom. The highest BCUT2D eigenvalue weighted by Gasteiger charge is 2.55. The minimum atomic E-state index is -0.149. The molecule has 0 N–H and O–H groups in total. The fourth-order valence-electron chi connectivity index (χ4n) is 3.92. The van der Waals surface area contributed by atoms with Gasteiger partial charge in [0.05, 0.1) is 11.8 Å². The number of fused-ring (bicyclic) bond motifs is 1. The molecule has 2 heterocycles. The van der Waals surface area contributed by atoms with E-state index in [0.29, 0.717) is 12.5 Å². The SMILES string of the molecule is CC(C)C[C@@H]1[C@@H]2C(=O)N(C)C(=O)[C@@H]2CN1Cc1ccccc1. The van der Waals surface area contributed by atoms with E-state index in [-0.39, 0.29) is 29.7 Å². The molecule has 2 amide bonds. The predicted octanol–water partition coefficient (Wildman–Crippen LogP) is 2.15. The first-order valence-electron chi connectivity index (χ1n) is 8.08. The molecule has 0 saturated carbocycles. The zero-order valence-electron chi connectivity index (χ0n) is 13.5. The number of amides is 2. The van der Waals surface area contributed by atoms with Crippen LogP contribution in [0.25, 0.3) is 0 Å². The van der Waals surface area contributed by atoms with Crippen molar-refractivity contribution in [2.24, 2.45) is 17.8 Å². The second-order valence-electron chi connectivity index (χ2n) is 6.98. The van der Waals surface area contributed by atoms with Crippen molar-refractivity contribution >= 4 is 11.8 Å². The van der Waals surface area contributed by atoms with Gasteiger partial charge in [-0.05, 0) is 17.9 Å². The molecule has 4 heteroatoms. The first kappa shape index (κ1) is 15.2. The summed E-state index contributed by atoms with van der Waals surface area (Å²) >= 11 is 0. The third-order valence-corrected chi connectivity index (χ3v) is 4.95. The van der Waals surface area contributed by atoms with E-state index < -0.39 is 0 Å². The molecule has 4 nitrogen and oxygen atoms in total. The Balaban J connectivity index is 1.84. The van der Waals surface area contributed by atoms with Crippen molar-refractivity contribution in [2.45, 2.75) is 32.9 Å². The lowest BCUT2D eigenvalue weighted by atomic mass is 9.88. The van der Waals surface area contributed by atoms with E-state index in [1.165, 1.54) is 10.5 Å². The first-order chi connectivity index (χ1) is 10.5.